The van der Waals surface area contributed by atoms with Crippen molar-refractivity contribution in [2.45, 2.75) is 19.5 Å². The first-order valence-electron chi connectivity index (χ1n) is 8.80. The quantitative estimate of drug-likeness (QED) is 0.850. The molecule has 0 spiro atoms. The monoisotopic (exact) mass is 327 g/mol. The largest absolute Gasteiger partial charge is 0.379 e. The summed E-state index contributed by atoms with van der Waals surface area (Å²) in [6, 6.07) is 10.9. The van der Waals surface area contributed by atoms with E-state index in [2.05, 4.69) is 38.9 Å². The molecule has 2 aromatic rings. The van der Waals surface area contributed by atoms with E-state index in [1.54, 1.807) is 6.33 Å². The van der Waals surface area contributed by atoms with Crippen LogP contribution in [0.15, 0.2) is 36.7 Å². The molecule has 0 amide bonds. The van der Waals surface area contributed by atoms with Crippen LogP contribution in [0, 0.1) is 5.92 Å². The summed E-state index contributed by atoms with van der Waals surface area (Å²) in [5.41, 5.74) is 1.07. The standard InChI is InChI=1S/C18H25N5O/c1-15-11-21(12-17(15)22-7-9-24-10-8-22)13-18-19-14-20-23(18)16-5-3-2-4-6-16/h2-6,14-15,17H,7-13H2,1H3. The van der Waals surface area contributed by atoms with E-state index in [-0.39, 0.29) is 0 Å². The van der Waals surface area contributed by atoms with Gasteiger partial charge in [-0.2, -0.15) is 5.10 Å². The Morgan fingerprint density at radius 2 is 1.92 bits per heavy atom. The average molecular weight is 327 g/mol. The summed E-state index contributed by atoms with van der Waals surface area (Å²) in [6.07, 6.45) is 1.65. The summed E-state index contributed by atoms with van der Waals surface area (Å²) in [7, 11) is 0. The Labute approximate surface area is 143 Å². The molecule has 2 atom stereocenters. The summed E-state index contributed by atoms with van der Waals surface area (Å²) < 4.78 is 7.45. The molecule has 3 heterocycles. The lowest BCUT2D eigenvalue weighted by molar-refractivity contribution is 0.0117. The molecule has 24 heavy (non-hydrogen) atoms. The zero-order chi connectivity index (χ0) is 16.4. The van der Waals surface area contributed by atoms with Crippen LogP contribution in [0.3, 0.4) is 0 Å². The summed E-state index contributed by atoms with van der Waals surface area (Å²) in [5.74, 6) is 1.69. The highest BCUT2D eigenvalue weighted by Crippen LogP contribution is 2.24. The van der Waals surface area contributed by atoms with Gasteiger partial charge in [-0.15, -0.1) is 0 Å². The minimum atomic E-state index is 0.627. The van der Waals surface area contributed by atoms with Gasteiger partial charge in [0.15, 0.2) is 0 Å². The number of morpholine rings is 1. The number of para-hydroxylation sites is 1. The summed E-state index contributed by atoms with van der Waals surface area (Å²) >= 11 is 0. The summed E-state index contributed by atoms with van der Waals surface area (Å²) in [4.78, 5) is 9.60. The number of hydrogen-bond acceptors (Lipinski definition) is 5. The van der Waals surface area contributed by atoms with Crippen molar-refractivity contribution >= 4 is 0 Å². The van der Waals surface area contributed by atoms with Gasteiger partial charge in [-0.3, -0.25) is 9.80 Å². The topological polar surface area (TPSA) is 46.4 Å². The first-order valence-corrected chi connectivity index (χ1v) is 8.80. The van der Waals surface area contributed by atoms with Gasteiger partial charge in [0.25, 0.3) is 0 Å². The molecular weight excluding hydrogens is 302 g/mol. The van der Waals surface area contributed by atoms with Crippen LogP contribution in [0.5, 0.6) is 0 Å². The van der Waals surface area contributed by atoms with Crippen LogP contribution in [0.4, 0.5) is 0 Å². The Morgan fingerprint density at radius 3 is 2.71 bits per heavy atom. The van der Waals surface area contributed by atoms with Crippen molar-refractivity contribution in [3.8, 4) is 5.69 Å². The van der Waals surface area contributed by atoms with E-state index < -0.39 is 0 Å². The number of aromatic nitrogens is 3. The number of benzene rings is 1. The highest BCUT2D eigenvalue weighted by atomic mass is 16.5. The van der Waals surface area contributed by atoms with Gasteiger partial charge in [-0.25, -0.2) is 9.67 Å². The van der Waals surface area contributed by atoms with Crippen molar-refractivity contribution in [3.63, 3.8) is 0 Å². The van der Waals surface area contributed by atoms with E-state index in [4.69, 9.17) is 4.74 Å². The van der Waals surface area contributed by atoms with Crippen molar-refractivity contribution in [2.75, 3.05) is 39.4 Å². The maximum Gasteiger partial charge on any atom is 0.146 e. The molecule has 2 saturated heterocycles. The lowest BCUT2D eigenvalue weighted by atomic mass is 10.0. The first kappa shape index (κ1) is 15.7. The predicted octanol–water partition coefficient (Wildman–Crippen LogP) is 1.42. The normalized spacial score (nSPS) is 26.0. The smallest absolute Gasteiger partial charge is 0.146 e. The van der Waals surface area contributed by atoms with Gasteiger partial charge in [-0.05, 0) is 18.1 Å². The van der Waals surface area contributed by atoms with Crippen molar-refractivity contribution in [1.29, 1.82) is 0 Å². The fraction of sp³-hybridized carbons (Fsp3) is 0.556. The van der Waals surface area contributed by atoms with Crippen LogP contribution in [-0.4, -0.2) is 70.0 Å². The maximum absolute atomic E-state index is 5.49. The Bertz CT molecular complexity index is 652. The molecule has 6 heteroatoms. The molecule has 2 unspecified atom stereocenters. The second kappa shape index (κ2) is 7.01. The maximum atomic E-state index is 5.49. The van der Waals surface area contributed by atoms with E-state index in [0.717, 1.165) is 57.4 Å². The van der Waals surface area contributed by atoms with E-state index in [1.165, 1.54) is 0 Å². The number of ether oxygens (including phenoxy) is 1. The van der Waals surface area contributed by atoms with Gasteiger partial charge in [0.05, 0.1) is 25.4 Å². The molecule has 0 N–H and O–H groups in total. The van der Waals surface area contributed by atoms with Crippen molar-refractivity contribution in [2.24, 2.45) is 5.92 Å². The lowest BCUT2D eigenvalue weighted by Crippen LogP contribution is -2.46. The fourth-order valence-corrected chi connectivity index (χ4v) is 3.92. The van der Waals surface area contributed by atoms with Crippen molar-refractivity contribution < 1.29 is 4.74 Å². The van der Waals surface area contributed by atoms with E-state index in [0.29, 0.717) is 12.0 Å². The molecular formula is C18H25N5O. The van der Waals surface area contributed by atoms with E-state index in [9.17, 15) is 0 Å². The number of nitrogens with zero attached hydrogens (tertiary/aromatic N) is 5. The predicted molar refractivity (Wildman–Crippen MR) is 92.0 cm³/mol. The zero-order valence-electron chi connectivity index (χ0n) is 14.2. The highest BCUT2D eigenvalue weighted by Gasteiger charge is 2.34. The second-order valence-corrected chi connectivity index (χ2v) is 6.81. The van der Waals surface area contributed by atoms with Crippen molar-refractivity contribution in [3.05, 3.63) is 42.5 Å². The van der Waals surface area contributed by atoms with Crippen LogP contribution in [-0.2, 0) is 11.3 Å². The van der Waals surface area contributed by atoms with Gasteiger partial charge in [0, 0.05) is 32.2 Å². The fourth-order valence-electron chi connectivity index (χ4n) is 3.92. The number of likely N-dealkylation sites (tertiary alicyclic amines) is 1. The molecule has 0 saturated carbocycles. The van der Waals surface area contributed by atoms with Gasteiger partial charge in [0.2, 0.25) is 0 Å². The third-order valence-corrected chi connectivity index (χ3v) is 5.15. The number of hydrogen-bond donors (Lipinski definition) is 0. The molecule has 128 valence electrons. The van der Waals surface area contributed by atoms with Gasteiger partial charge < -0.3 is 4.74 Å². The zero-order valence-corrected chi connectivity index (χ0v) is 14.2. The van der Waals surface area contributed by atoms with Crippen LogP contribution in [0.1, 0.15) is 12.7 Å². The molecule has 6 nitrogen and oxygen atoms in total. The molecule has 1 aromatic carbocycles. The molecule has 2 aliphatic heterocycles. The Balaban J connectivity index is 1.44. The first-order chi connectivity index (χ1) is 11.8. The third kappa shape index (κ3) is 3.22. The van der Waals surface area contributed by atoms with Crippen molar-refractivity contribution in [1.82, 2.24) is 24.6 Å². The third-order valence-electron chi connectivity index (χ3n) is 5.15. The minimum Gasteiger partial charge on any atom is -0.379 e. The van der Waals surface area contributed by atoms with Gasteiger partial charge >= 0.3 is 0 Å². The Kier molecular flexibility index (Phi) is 4.60. The average Bonchev–Trinajstić information content (AvgIpc) is 3.23. The van der Waals surface area contributed by atoms with Crippen LogP contribution >= 0.6 is 0 Å². The summed E-state index contributed by atoms with van der Waals surface area (Å²) in [6.45, 7) is 9.28. The Hall–Kier alpha value is -1.76. The van der Waals surface area contributed by atoms with Gasteiger partial charge in [-0.1, -0.05) is 25.1 Å². The number of rotatable bonds is 4. The van der Waals surface area contributed by atoms with E-state index in [1.807, 2.05) is 22.9 Å². The van der Waals surface area contributed by atoms with Crippen LogP contribution in [0.2, 0.25) is 0 Å². The molecule has 1 aromatic heterocycles. The summed E-state index contributed by atoms with van der Waals surface area (Å²) in [5, 5.41) is 4.41. The molecule has 0 bridgehead atoms. The molecule has 0 radical (unpaired) electrons. The molecule has 2 aliphatic rings. The lowest BCUT2D eigenvalue weighted by Gasteiger charge is -2.34. The second-order valence-electron chi connectivity index (χ2n) is 6.81. The Morgan fingerprint density at radius 1 is 1.12 bits per heavy atom. The van der Waals surface area contributed by atoms with Crippen LogP contribution in [0.25, 0.3) is 5.69 Å². The highest BCUT2D eigenvalue weighted by molar-refractivity contribution is 5.30. The molecule has 2 fully saturated rings. The molecule has 0 aliphatic carbocycles. The van der Waals surface area contributed by atoms with Gasteiger partial charge in [0.1, 0.15) is 12.2 Å². The minimum absolute atomic E-state index is 0.627. The van der Waals surface area contributed by atoms with E-state index >= 15 is 0 Å². The van der Waals surface area contributed by atoms with Crippen LogP contribution < -0.4 is 0 Å². The SMILES string of the molecule is CC1CN(Cc2ncnn2-c2ccccc2)CC1N1CCOCC1. The molecule has 4 rings (SSSR count).